The van der Waals surface area contributed by atoms with Gasteiger partial charge in [-0.2, -0.15) is 0 Å². The standard InChI is InChI=1S/C15H21FN2O5S/c1-15(2,3)13(18-24(4,22)23)14(21)17-10-6-5-9(7-12(19)20)11(16)8-10/h5-6,8,13,18H,7H2,1-4H3,(H,17,21)(H,19,20). The monoisotopic (exact) mass is 360 g/mol. The summed E-state index contributed by atoms with van der Waals surface area (Å²) in [5.74, 6) is -2.58. The molecule has 1 rings (SSSR count). The van der Waals surface area contributed by atoms with E-state index < -0.39 is 45.6 Å². The molecule has 1 atom stereocenters. The van der Waals surface area contributed by atoms with Crippen LogP contribution in [0.15, 0.2) is 18.2 Å². The second kappa shape index (κ2) is 7.27. The number of carboxylic acid groups (broad SMARTS) is 1. The highest BCUT2D eigenvalue weighted by molar-refractivity contribution is 7.88. The van der Waals surface area contributed by atoms with Gasteiger partial charge in [0.05, 0.1) is 12.7 Å². The minimum Gasteiger partial charge on any atom is -0.481 e. The van der Waals surface area contributed by atoms with Gasteiger partial charge in [-0.05, 0) is 23.1 Å². The van der Waals surface area contributed by atoms with Crippen LogP contribution in [0.25, 0.3) is 0 Å². The summed E-state index contributed by atoms with van der Waals surface area (Å²) in [6, 6.07) is 2.56. The van der Waals surface area contributed by atoms with Crippen LogP contribution in [-0.4, -0.2) is 37.7 Å². The SMILES string of the molecule is CC(C)(C)C(NS(C)(=O)=O)C(=O)Nc1ccc(CC(=O)O)c(F)c1. The van der Waals surface area contributed by atoms with Crippen molar-refractivity contribution in [2.24, 2.45) is 5.41 Å². The Morgan fingerprint density at radius 2 is 1.88 bits per heavy atom. The third-order valence-corrected chi connectivity index (χ3v) is 3.79. The summed E-state index contributed by atoms with van der Waals surface area (Å²) in [7, 11) is -3.62. The molecule has 1 unspecified atom stereocenters. The first-order valence-electron chi connectivity index (χ1n) is 7.08. The smallest absolute Gasteiger partial charge is 0.307 e. The van der Waals surface area contributed by atoms with Crippen molar-refractivity contribution in [2.45, 2.75) is 33.2 Å². The van der Waals surface area contributed by atoms with E-state index in [4.69, 9.17) is 5.11 Å². The van der Waals surface area contributed by atoms with Gasteiger partial charge in [-0.1, -0.05) is 26.8 Å². The largest absolute Gasteiger partial charge is 0.481 e. The number of carbonyl (C=O) groups is 2. The van der Waals surface area contributed by atoms with Crippen molar-refractivity contribution >= 4 is 27.6 Å². The van der Waals surface area contributed by atoms with Gasteiger partial charge in [-0.15, -0.1) is 0 Å². The van der Waals surface area contributed by atoms with E-state index in [1.54, 1.807) is 20.8 Å². The number of nitrogens with one attached hydrogen (secondary N) is 2. The maximum absolute atomic E-state index is 13.8. The zero-order valence-corrected chi connectivity index (χ0v) is 14.7. The quantitative estimate of drug-likeness (QED) is 0.709. The second-order valence-corrected chi connectivity index (χ2v) is 8.34. The molecule has 0 fully saturated rings. The summed E-state index contributed by atoms with van der Waals surface area (Å²) in [5.41, 5.74) is -0.618. The lowest BCUT2D eigenvalue weighted by molar-refractivity contribution is -0.136. The average Bonchev–Trinajstić information content (AvgIpc) is 2.36. The van der Waals surface area contributed by atoms with E-state index in [0.717, 1.165) is 12.3 Å². The molecule has 1 aromatic rings. The molecule has 0 bridgehead atoms. The average molecular weight is 360 g/mol. The molecule has 0 saturated heterocycles. The first kappa shape index (κ1) is 20.0. The minimum atomic E-state index is -3.62. The molecule has 24 heavy (non-hydrogen) atoms. The summed E-state index contributed by atoms with van der Waals surface area (Å²) < 4.78 is 39.0. The second-order valence-electron chi connectivity index (χ2n) is 6.56. The topological polar surface area (TPSA) is 113 Å². The molecule has 0 aliphatic heterocycles. The highest BCUT2D eigenvalue weighted by atomic mass is 32.2. The first-order valence-corrected chi connectivity index (χ1v) is 8.97. The summed E-state index contributed by atoms with van der Waals surface area (Å²) >= 11 is 0. The van der Waals surface area contributed by atoms with Crippen molar-refractivity contribution in [1.29, 1.82) is 0 Å². The predicted octanol–water partition coefficient (Wildman–Crippen LogP) is 1.36. The van der Waals surface area contributed by atoms with Crippen LogP contribution in [0.1, 0.15) is 26.3 Å². The van der Waals surface area contributed by atoms with Crippen LogP contribution < -0.4 is 10.0 Å². The number of rotatable bonds is 6. The van der Waals surface area contributed by atoms with Crippen LogP contribution in [0.2, 0.25) is 0 Å². The van der Waals surface area contributed by atoms with Gasteiger partial charge in [-0.25, -0.2) is 17.5 Å². The van der Waals surface area contributed by atoms with Crippen LogP contribution in [0.5, 0.6) is 0 Å². The van der Waals surface area contributed by atoms with E-state index in [1.807, 2.05) is 0 Å². The fourth-order valence-electron chi connectivity index (χ4n) is 1.98. The zero-order chi connectivity index (χ0) is 18.7. The number of amides is 1. The van der Waals surface area contributed by atoms with Gasteiger partial charge >= 0.3 is 5.97 Å². The van der Waals surface area contributed by atoms with Gasteiger partial charge in [0.1, 0.15) is 11.9 Å². The van der Waals surface area contributed by atoms with Gasteiger partial charge in [0.25, 0.3) is 0 Å². The number of sulfonamides is 1. The van der Waals surface area contributed by atoms with Crippen molar-refractivity contribution < 1.29 is 27.5 Å². The van der Waals surface area contributed by atoms with Gasteiger partial charge < -0.3 is 10.4 Å². The van der Waals surface area contributed by atoms with Crippen molar-refractivity contribution in [1.82, 2.24) is 4.72 Å². The Hall–Kier alpha value is -2.00. The van der Waals surface area contributed by atoms with Gasteiger partial charge in [0.2, 0.25) is 15.9 Å². The molecule has 0 heterocycles. The van der Waals surface area contributed by atoms with E-state index in [0.29, 0.717) is 0 Å². The lowest BCUT2D eigenvalue weighted by Crippen LogP contribution is -2.51. The number of anilines is 1. The first-order chi connectivity index (χ1) is 10.8. The molecule has 0 saturated carbocycles. The van der Waals surface area contributed by atoms with Crippen LogP contribution in [0.4, 0.5) is 10.1 Å². The normalized spacial score (nSPS) is 13.4. The Labute approximate surface area is 140 Å². The molecule has 9 heteroatoms. The predicted molar refractivity (Wildman–Crippen MR) is 87.6 cm³/mol. The van der Waals surface area contributed by atoms with Crippen molar-refractivity contribution in [3.63, 3.8) is 0 Å². The van der Waals surface area contributed by atoms with Crippen LogP contribution in [-0.2, 0) is 26.0 Å². The van der Waals surface area contributed by atoms with Crippen LogP contribution in [0.3, 0.4) is 0 Å². The fraction of sp³-hybridized carbons (Fsp3) is 0.467. The Morgan fingerprint density at radius 1 is 1.29 bits per heavy atom. The maximum atomic E-state index is 13.8. The number of aliphatic carboxylic acids is 1. The number of carbonyl (C=O) groups excluding carboxylic acids is 1. The third-order valence-electron chi connectivity index (χ3n) is 3.12. The number of halogens is 1. The molecule has 0 spiro atoms. The lowest BCUT2D eigenvalue weighted by atomic mass is 9.87. The molecule has 7 nitrogen and oxygen atoms in total. The zero-order valence-electron chi connectivity index (χ0n) is 13.9. The van der Waals surface area contributed by atoms with Crippen molar-refractivity contribution in [3.8, 4) is 0 Å². The number of hydrogen-bond donors (Lipinski definition) is 3. The fourth-order valence-corrected chi connectivity index (χ4v) is 2.87. The molecule has 1 aromatic carbocycles. The maximum Gasteiger partial charge on any atom is 0.307 e. The minimum absolute atomic E-state index is 0.0119. The van der Waals surface area contributed by atoms with Gasteiger partial charge in [0, 0.05) is 5.69 Å². The van der Waals surface area contributed by atoms with Gasteiger partial charge in [0.15, 0.2) is 0 Å². The van der Waals surface area contributed by atoms with E-state index in [9.17, 15) is 22.4 Å². The Bertz CT molecular complexity index is 741. The van der Waals surface area contributed by atoms with Gasteiger partial charge in [-0.3, -0.25) is 9.59 Å². The summed E-state index contributed by atoms with van der Waals surface area (Å²) in [5, 5.41) is 11.1. The molecule has 134 valence electrons. The Balaban J connectivity index is 2.99. The van der Waals surface area contributed by atoms with E-state index in [2.05, 4.69) is 10.0 Å². The molecule has 0 radical (unpaired) electrons. The molecular formula is C15H21FN2O5S. The highest BCUT2D eigenvalue weighted by Gasteiger charge is 2.33. The number of benzene rings is 1. The van der Waals surface area contributed by atoms with E-state index >= 15 is 0 Å². The third kappa shape index (κ3) is 6.25. The number of carboxylic acids is 1. The molecule has 0 aliphatic rings. The summed E-state index contributed by atoms with van der Waals surface area (Å²) in [4.78, 5) is 23.0. The lowest BCUT2D eigenvalue weighted by Gasteiger charge is -2.29. The molecule has 0 aliphatic carbocycles. The van der Waals surface area contributed by atoms with Crippen molar-refractivity contribution in [3.05, 3.63) is 29.6 Å². The molecule has 0 aromatic heterocycles. The van der Waals surface area contributed by atoms with E-state index in [1.165, 1.54) is 12.1 Å². The van der Waals surface area contributed by atoms with Crippen LogP contribution in [0, 0.1) is 11.2 Å². The summed E-state index contributed by atoms with van der Waals surface area (Å²) in [6.45, 7) is 5.06. The molecular weight excluding hydrogens is 339 g/mol. The summed E-state index contributed by atoms with van der Waals surface area (Å²) in [6.07, 6.45) is 0.472. The number of hydrogen-bond acceptors (Lipinski definition) is 4. The van der Waals surface area contributed by atoms with E-state index in [-0.39, 0.29) is 11.3 Å². The van der Waals surface area contributed by atoms with Crippen LogP contribution >= 0.6 is 0 Å². The Kier molecular flexibility index (Phi) is 6.07. The molecule has 3 N–H and O–H groups in total. The Morgan fingerprint density at radius 3 is 2.29 bits per heavy atom. The molecule has 1 amide bonds. The van der Waals surface area contributed by atoms with Crippen molar-refractivity contribution in [2.75, 3.05) is 11.6 Å². The highest BCUT2D eigenvalue weighted by Crippen LogP contribution is 2.22.